The maximum Gasteiger partial charge on any atom is 0.243 e. The summed E-state index contributed by atoms with van der Waals surface area (Å²) < 4.78 is 36.7. The number of rotatable bonds is 6. The van der Waals surface area contributed by atoms with Crippen LogP contribution >= 0.6 is 11.8 Å². The molecule has 0 atom stereocenters. The minimum absolute atomic E-state index is 0.264. The molecule has 1 aromatic carbocycles. The Morgan fingerprint density at radius 3 is 2.78 bits per heavy atom. The summed E-state index contributed by atoms with van der Waals surface area (Å²) >= 11 is 1.57. The molecule has 3 aromatic heterocycles. The maximum absolute atomic E-state index is 13.0. The molecule has 4 aromatic rings. The van der Waals surface area contributed by atoms with Crippen molar-refractivity contribution in [2.75, 3.05) is 26.3 Å². The highest BCUT2D eigenvalue weighted by molar-refractivity contribution is 7.98. The second-order valence-electron chi connectivity index (χ2n) is 7.41. The first kappa shape index (κ1) is 21.3. The van der Waals surface area contributed by atoms with Crippen molar-refractivity contribution in [3.63, 3.8) is 0 Å². The first-order chi connectivity index (χ1) is 15.5. The quantitative estimate of drug-likeness (QED) is 0.309. The first-order valence-corrected chi connectivity index (χ1v) is 12.7. The van der Waals surface area contributed by atoms with Gasteiger partial charge in [0.25, 0.3) is 0 Å². The van der Waals surface area contributed by atoms with E-state index in [0.29, 0.717) is 37.6 Å². The number of hydrogen-bond acceptors (Lipinski definition) is 8. The van der Waals surface area contributed by atoms with E-state index in [2.05, 4.69) is 26.6 Å². The summed E-state index contributed by atoms with van der Waals surface area (Å²) in [6.07, 6.45) is 3.31. The number of morpholine rings is 1. The molecular formula is C20H23N7O3S2. The summed E-state index contributed by atoms with van der Waals surface area (Å²) in [4.78, 5) is 13.7. The van der Waals surface area contributed by atoms with E-state index in [1.807, 2.05) is 13.1 Å². The van der Waals surface area contributed by atoms with Crippen molar-refractivity contribution in [3.8, 4) is 0 Å². The van der Waals surface area contributed by atoms with Gasteiger partial charge in [-0.25, -0.2) is 23.4 Å². The number of aryl methyl sites for hydroxylation is 2. The fourth-order valence-corrected chi connectivity index (χ4v) is 6.24. The van der Waals surface area contributed by atoms with Gasteiger partial charge in [0.05, 0.1) is 46.5 Å². The van der Waals surface area contributed by atoms with Crippen molar-refractivity contribution >= 4 is 43.9 Å². The van der Waals surface area contributed by atoms with Crippen molar-refractivity contribution in [1.29, 1.82) is 0 Å². The molecule has 0 saturated carbocycles. The standard InChI is InChI=1S/C20H23N7O3S2/c1-3-27-17-5-4-14(32(28,29)26-6-8-30-9-7-26)10-16(17)24-18(27)12-31-20-15-11-23-25(2)19(15)21-13-22-20/h4-5,10-11,13H,3,6-9,12H2,1-2H3. The van der Waals surface area contributed by atoms with Crippen LogP contribution in [0.15, 0.2) is 40.6 Å². The van der Waals surface area contributed by atoms with Gasteiger partial charge in [0.1, 0.15) is 17.2 Å². The lowest BCUT2D eigenvalue weighted by Crippen LogP contribution is -2.40. The van der Waals surface area contributed by atoms with Crippen molar-refractivity contribution in [2.24, 2.45) is 7.05 Å². The lowest BCUT2D eigenvalue weighted by Gasteiger charge is -2.26. The zero-order valence-electron chi connectivity index (χ0n) is 17.8. The molecule has 12 heteroatoms. The molecular weight excluding hydrogens is 450 g/mol. The highest BCUT2D eigenvalue weighted by Gasteiger charge is 2.27. The van der Waals surface area contributed by atoms with E-state index in [4.69, 9.17) is 9.72 Å². The molecule has 0 unspecified atom stereocenters. The highest BCUT2D eigenvalue weighted by Crippen LogP contribution is 2.29. The van der Waals surface area contributed by atoms with Gasteiger partial charge in [-0.3, -0.25) is 4.68 Å². The minimum Gasteiger partial charge on any atom is -0.379 e. The van der Waals surface area contributed by atoms with Gasteiger partial charge in [0.2, 0.25) is 10.0 Å². The normalized spacial score (nSPS) is 15.7. The lowest BCUT2D eigenvalue weighted by molar-refractivity contribution is 0.0730. The fourth-order valence-electron chi connectivity index (χ4n) is 3.91. The van der Waals surface area contributed by atoms with Crippen LogP contribution in [0.1, 0.15) is 12.7 Å². The summed E-state index contributed by atoms with van der Waals surface area (Å²) in [5.74, 6) is 1.46. The number of fused-ring (bicyclic) bond motifs is 2. The van der Waals surface area contributed by atoms with E-state index in [-0.39, 0.29) is 4.90 Å². The topological polar surface area (TPSA) is 108 Å². The van der Waals surface area contributed by atoms with Crippen LogP contribution in [-0.2, 0) is 34.1 Å². The fraction of sp³-hybridized carbons (Fsp3) is 0.400. The highest BCUT2D eigenvalue weighted by atomic mass is 32.2. The third-order valence-corrected chi connectivity index (χ3v) is 8.45. The second-order valence-corrected chi connectivity index (χ2v) is 10.3. The maximum atomic E-state index is 13.0. The predicted octanol–water partition coefficient (Wildman–Crippen LogP) is 2.05. The summed E-state index contributed by atoms with van der Waals surface area (Å²) in [5.41, 5.74) is 2.37. The van der Waals surface area contributed by atoms with E-state index in [1.54, 1.807) is 34.8 Å². The number of benzene rings is 1. The predicted molar refractivity (Wildman–Crippen MR) is 121 cm³/mol. The number of sulfonamides is 1. The van der Waals surface area contributed by atoms with Crippen LogP contribution in [0.5, 0.6) is 0 Å². The van der Waals surface area contributed by atoms with Crippen LogP contribution in [0.3, 0.4) is 0 Å². The Bertz CT molecular complexity index is 1390. The number of ether oxygens (including phenoxy) is 1. The Labute approximate surface area is 189 Å². The number of hydrogen-bond donors (Lipinski definition) is 0. The SMILES string of the molecule is CCn1c(CSc2ncnc3c2cnn3C)nc2cc(S(=O)(=O)N3CCOCC3)ccc21. The summed E-state index contributed by atoms with van der Waals surface area (Å²) in [6.45, 7) is 4.35. The molecule has 168 valence electrons. The van der Waals surface area contributed by atoms with Crippen molar-refractivity contribution in [3.05, 3.63) is 36.5 Å². The van der Waals surface area contributed by atoms with Crippen molar-refractivity contribution in [1.82, 2.24) is 33.6 Å². The van der Waals surface area contributed by atoms with Gasteiger partial charge >= 0.3 is 0 Å². The van der Waals surface area contributed by atoms with E-state index in [1.165, 1.54) is 10.6 Å². The average molecular weight is 474 g/mol. The van der Waals surface area contributed by atoms with Gasteiger partial charge in [0, 0.05) is 26.7 Å². The number of nitrogens with zero attached hydrogens (tertiary/aromatic N) is 7. The molecule has 0 spiro atoms. The van der Waals surface area contributed by atoms with Crippen LogP contribution in [0.2, 0.25) is 0 Å². The molecule has 1 aliphatic heterocycles. The summed E-state index contributed by atoms with van der Waals surface area (Å²) in [7, 11) is -1.72. The molecule has 0 bridgehead atoms. The molecule has 4 heterocycles. The third kappa shape index (κ3) is 3.66. The summed E-state index contributed by atoms with van der Waals surface area (Å²) in [5, 5.41) is 6.00. The molecule has 5 rings (SSSR count). The molecule has 10 nitrogen and oxygen atoms in total. The van der Waals surface area contributed by atoms with E-state index < -0.39 is 10.0 Å². The van der Waals surface area contributed by atoms with Gasteiger partial charge in [0.15, 0.2) is 5.65 Å². The van der Waals surface area contributed by atoms with Gasteiger partial charge in [-0.2, -0.15) is 9.40 Å². The first-order valence-electron chi connectivity index (χ1n) is 10.3. The minimum atomic E-state index is -3.57. The Morgan fingerprint density at radius 1 is 1.19 bits per heavy atom. The molecule has 0 N–H and O–H groups in total. The molecule has 0 aliphatic carbocycles. The van der Waals surface area contributed by atoms with Crippen molar-refractivity contribution < 1.29 is 13.2 Å². The van der Waals surface area contributed by atoms with Gasteiger partial charge < -0.3 is 9.30 Å². The average Bonchev–Trinajstić information content (AvgIpc) is 3.38. The van der Waals surface area contributed by atoms with Crippen molar-refractivity contribution in [2.45, 2.75) is 29.1 Å². The van der Waals surface area contributed by atoms with Gasteiger partial charge in [-0.05, 0) is 25.1 Å². The molecule has 1 fully saturated rings. The van der Waals surface area contributed by atoms with E-state index in [0.717, 1.165) is 33.9 Å². The number of aromatic nitrogens is 6. The number of thioether (sulfide) groups is 1. The Hall–Kier alpha value is -2.54. The Kier molecular flexibility index (Phi) is 5.61. The Morgan fingerprint density at radius 2 is 2.00 bits per heavy atom. The van der Waals surface area contributed by atoms with Gasteiger partial charge in [-0.1, -0.05) is 11.8 Å². The molecule has 1 aliphatic rings. The van der Waals surface area contributed by atoms with E-state index >= 15 is 0 Å². The monoisotopic (exact) mass is 473 g/mol. The zero-order chi connectivity index (χ0) is 22.3. The van der Waals surface area contributed by atoms with Crippen LogP contribution < -0.4 is 0 Å². The molecule has 0 radical (unpaired) electrons. The Balaban J connectivity index is 1.46. The number of imidazole rings is 1. The van der Waals surface area contributed by atoms with Crippen LogP contribution in [-0.4, -0.2) is 68.3 Å². The molecule has 0 amide bonds. The van der Waals surface area contributed by atoms with Crippen LogP contribution in [0, 0.1) is 0 Å². The van der Waals surface area contributed by atoms with Crippen LogP contribution in [0.4, 0.5) is 0 Å². The largest absolute Gasteiger partial charge is 0.379 e. The van der Waals surface area contributed by atoms with E-state index in [9.17, 15) is 8.42 Å². The zero-order valence-corrected chi connectivity index (χ0v) is 19.4. The summed E-state index contributed by atoms with van der Waals surface area (Å²) in [6, 6.07) is 5.18. The second kappa shape index (κ2) is 8.43. The smallest absolute Gasteiger partial charge is 0.243 e. The van der Waals surface area contributed by atoms with Gasteiger partial charge in [-0.15, -0.1) is 0 Å². The lowest BCUT2D eigenvalue weighted by atomic mass is 10.3. The van der Waals surface area contributed by atoms with Crippen LogP contribution in [0.25, 0.3) is 22.1 Å². The third-order valence-electron chi connectivity index (χ3n) is 5.55. The molecule has 1 saturated heterocycles. The molecule has 32 heavy (non-hydrogen) atoms.